The molecule has 0 amide bonds. The molecule has 33 heavy (non-hydrogen) atoms. The van der Waals surface area contributed by atoms with Crippen molar-refractivity contribution in [3.05, 3.63) is 60.7 Å². The van der Waals surface area contributed by atoms with Crippen molar-refractivity contribution < 1.29 is 55.5 Å². The number of fused-ring (bicyclic) bond motifs is 2. The van der Waals surface area contributed by atoms with Crippen molar-refractivity contribution in [3.63, 3.8) is 0 Å². The van der Waals surface area contributed by atoms with Gasteiger partial charge in [0.25, 0.3) is 10.1 Å². The van der Waals surface area contributed by atoms with Crippen LogP contribution in [0.5, 0.6) is 0 Å². The van der Waals surface area contributed by atoms with Gasteiger partial charge < -0.3 is 14.5 Å². The van der Waals surface area contributed by atoms with E-state index in [2.05, 4.69) is 19.9 Å². The molecule has 0 radical (unpaired) electrons. The molecule has 13 heteroatoms. The van der Waals surface area contributed by atoms with E-state index in [1.165, 1.54) is 0 Å². The van der Waals surface area contributed by atoms with Gasteiger partial charge in [-0.15, -0.1) is 0 Å². The predicted octanol–water partition coefficient (Wildman–Crippen LogP) is -0.0720. The first-order valence-corrected chi connectivity index (χ1v) is 12.0. The second kappa shape index (κ2) is 8.33. The minimum atomic E-state index is -5.06. The molecular weight excluding hydrogens is 479 g/mol. The van der Waals surface area contributed by atoms with Crippen LogP contribution in [0.2, 0.25) is 0 Å². The van der Waals surface area contributed by atoms with Crippen LogP contribution in [0.3, 0.4) is 0 Å². The van der Waals surface area contributed by atoms with Crippen molar-refractivity contribution in [1.82, 2.24) is 19.9 Å². The zero-order valence-electron chi connectivity index (χ0n) is 17.0. The van der Waals surface area contributed by atoms with Crippen molar-refractivity contribution in [1.29, 1.82) is 0 Å². The summed E-state index contributed by atoms with van der Waals surface area (Å²) < 4.78 is 67.2. The Kier molecular flexibility index (Phi) is 5.95. The summed E-state index contributed by atoms with van der Waals surface area (Å²) in [6, 6.07) is 16.2. The fourth-order valence-corrected chi connectivity index (χ4v) is 4.68. The average molecular weight is 492 g/mol. The Morgan fingerprint density at radius 1 is 0.788 bits per heavy atom. The van der Waals surface area contributed by atoms with E-state index >= 15 is 0 Å². The van der Waals surface area contributed by atoms with Gasteiger partial charge in [0.05, 0.1) is 26.3 Å². The van der Waals surface area contributed by atoms with E-state index in [0.717, 1.165) is 22.7 Å². The minimum Gasteiger partial charge on any atom is -0.744 e. The van der Waals surface area contributed by atoms with Gasteiger partial charge in [-0.05, 0) is 24.3 Å². The number of H-pyrrole nitrogens is 2. The molecule has 10 nitrogen and oxygen atoms in total. The third-order valence-corrected chi connectivity index (χ3v) is 6.59. The maximum Gasteiger partial charge on any atom is 1.00 e. The molecule has 5 aromatic rings. The van der Waals surface area contributed by atoms with Gasteiger partial charge in [0.1, 0.15) is 27.3 Å². The molecule has 0 saturated heterocycles. The summed E-state index contributed by atoms with van der Waals surface area (Å²) in [4.78, 5) is 13.2. The molecule has 0 unspecified atom stereocenters. The van der Waals surface area contributed by atoms with E-state index in [0.29, 0.717) is 17.5 Å². The molecule has 2 heterocycles. The Morgan fingerprint density at radius 3 is 1.94 bits per heavy atom. The van der Waals surface area contributed by atoms with Gasteiger partial charge in [0, 0.05) is 11.1 Å². The van der Waals surface area contributed by atoms with Gasteiger partial charge >= 0.3 is 29.6 Å². The molecule has 3 aromatic carbocycles. The van der Waals surface area contributed by atoms with Crippen LogP contribution in [0.1, 0.15) is 0 Å². The first-order chi connectivity index (χ1) is 15.1. The monoisotopic (exact) mass is 492 g/mol. The van der Waals surface area contributed by atoms with Crippen molar-refractivity contribution in [2.24, 2.45) is 0 Å². The van der Waals surface area contributed by atoms with Crippen LogP contribution >= 0.6 is 0 Å². The first kappa shape index (κ1) is 23.6. The number of para-hydroxylation sites is 2. The SMILES string of the molecule is O=S(=O)([O-])c1cc(S(=O)(=O)O)cc2[nH]c(-c3ccc(-c4nc5ccccc5[nH]4)cc3)nc12.[Na+]. The number of aromatic amines is 2. The number of aromatic nitrogens is 4. The van der Waals surface area contributed by atoms with Crippen LogP contribution in [0.4, 0.5) is 0 Å². The molecule has 0 aliphatic heterocycles. The standard InChI is InChI=1S/C20H14N4O6S2.Na/c25-31(26,27)13-9-16-18(17(10-13)32(28,29)30)24-20(23-16)12-7-5-11(6-8-12)19-21-14-3-1-2-4-15(14)22-19;/h1-10H,(H,21,22)(H,23,24)(H,25,26,27)(H,28,29,30);/q;+1/p-1. The smallest absolute Gasteiger partial charge is 0.744 e. The second-order valence-electron chi connectivity index (χ2n) is 7.01. The number of hydrogen-bond acceptors (Lipinski definition) is 7. The molecule has 0 aliphatic carbocycles. The van der Waals surface area contributed by atoms with Gasteiger partial charge in [0.15, 0.2) is 0 Å². The molecule has 3 N–H and O–H groups in total. The van der Waals surface area contributed by atoms with Crippen LogP contribution in [0.15, 0.2) is 70.5 Å². The quantitative estimate of drug-likeness (QED) is 0.231. The summed E-state index contributed by atoms with van der Waals surface area (Å²) in [6.07, 6.45) is 0. The molecule has 5 rings (SSSR count). The third-order valence-electron chi connectivity index (χ3n) is 4.91. The van der Waals surface area contributed by atoms with Crippen molar-refractivity contribution in [2.45, 2.75) is 9.79 Å². The number of benzene rings is 3. The molecule has 162 valence electrons. The maximum atomic E-state index is 11.7. The fraction of sp³-hybridized carbons (Fsp3) is 0. The third kappa shape index (κ3) is 4.46. The Bertz CT molecular complexity index is 1690. The summed E-state index contributed by atoms with van der Waals surface area (Å²) in [5.41, 5.74) is 2.84. The van der Waals surface area contributed by atoms with Crippen LogP contribution in [0, 0.1) is 0 Å². The zero-order valence-corrected chi connectivity index (χ0v) is 20.6. The number of imidazole rings is 2. The Labute approximate surface area is 209 Å². The van der Waals surface area contributed by atoms with Gasteiger partial charge in [0.2, 0.25) is 0 Å². The van der Waals surface area contributed by atoms with E-state index < -0.39 is 30.0 Å². The number of nitrogens with one attached hydrogen (secondary N) is 2. The normalized spacial score (nSPS) is 12.2. The predicted molar refractivity (Wildman–Crippen MR) is 114 cm³/mol. The molecule has 0 spiro atoms. The van der Waals surface area contributed by atoms with Crippen LogP contribution in [-0.4, -0.2) is 45.9 Å². The fourth-order valence-electron chi connectivity index (χ4n) is 3.41. The molecule has 0 aliphatic rings. The topological polar surface area (TPSA) is 169 Å². The van der Waals surface area contributed by atoms with Crippen molar-refractivity contribution in [3.8, 4) is 22.8 Å². The van der Waals surface area contributed by atoms with Crippen LogP contribution < -0.4 is 29.6 Å². The number of nitrogens with zero attached hydrogens (tertiary/aromatic N) is 2. The Morgan fingerprint density at radius 2 is 1.36 bits per heavy atom. The molecule has 0 bridgehead atoms. The molecular formula is C20H13N4NaO6S2. The molecule has 0 saturated carbocycles. The van der Waals surface area contributed by atoms with Gasteiger partial charge in [-0.3, -0.25) is 4.55 Å². The molecule has 2 aromatic heterocycles. The Balaban J connectivity index is 0.00000259. The summed E-state index contributed by atoms with van der Waals surface area (Å²) in [7, 11) is -9.80. The largest absolute Gasteiger partial charge is 1.00 e. The van der Waals surface area contributed by atoms with E-state index in [1.807, 2.05) is 24.3 Å². The van der Waals surface area contributed by atoms with E-state index in [1.54, 1.807) is 24.3 Å². The minimum absolute atomic E-state index is 0. The first-order valence-electron chi connectivity index (χ1n) is 9.12. The van der Waals surface area contributed by atoms with Gasteiger partial charge in [-0.1, -0.05) is 36.4 Å². The summed E-state index contributed by atoms with van der Waals surface area (Å²) in [6.45, 7) is 0. The number of rotatable bonds is 4. The van der Waals surface area contributed by atoms with Crippen molar-refractivity contribution in [2.75, 3.05) is 0 Å². The second-order valence-corrected chi connectivity index (χ2v) is 9.78. The Hall–Kier alpha value is -2.58. The van der Waals surface area contributed by atoms with Gasteiger partial charge in [-0.2, -0.15) is 8.42 Å². The van der Waals surface area contributed by atoms with Gasteiger partial charge in [-0.25, -0.2) is 18.4 Å². The van der Waals surface area contributed by atoms with E-state index in [4.69, 9.17) is 0 Å². The number of hydrogen-bond donors (Lipinski definition) is 3. The van der Waals surface area contributed by atoms with E-state index in [9.17, 15) is 25.9 Å². The van der Waals surface area contributed by atoms with Crippen LogP contribution in [-0.2, 0) is 20.2 Å². The molecule has 0 atom stereocenters. The summed E-state index contributed by atoms with van der Waals surface area (Å²) >= 11 is 0. The summed E-state index contributed by atoms with van der Waals surface area (Å²) in [5, 5.41) is 0. The zero-order chi connectivity index (χ0) is 22.7. The average Bonchev–Trinajstić information content (AvgIpc) is 3.36. The van der Waals surface area contributed by atoms with Crippen molar-refractivity contribution >= 4 is 42.3 Å². The summed E-state index contributed by atoms with van der Waals surface area (Å²) in [5.74, 6) is 0.883. The van der Waals surface area contributed by atoms with E-state index in [-0.39, 0.29) is 46.4 Å². The van der Waals surface area contributed by atoms with Crippen LogP contribution in [0.25, 0.3) is 44.8 Å². The maximum absolute atomic E-state index is 11.7. The molecule has 0 fully saturated rings.